The van der Waals surface area contributed by atoms with Crippen LogP contribution in [0, 0.1) is 0 Å². The van der Waals surface area contributed by atoms with Gasteiger partial charge in [0.2, 0.25) is 13.6 Å². The highest BCUT2D eigenvalue weighted by molar-refractivity contribution is 6.33. The van der Waals surface area contributed by atoms with Crippen molar-refractivity contribution in [2.24, 2.45) is 0 Å². The molecule has 3 aromatic carbocycles. The Bertz CT molecular complexity index is 1280. The monoisotopic (exact) mass is 448 g/mol. The van der Waals surface area contributed by atoms with E-state index in [0.717, 1.165) is 28.1 Å². The van der Waals surface area contributed by atoms with Crippen LogP contribution in [0.15, 0.2) is 54.6 Å². The minimum Gasteiger partial charge on any atom is -0.497 e. The van der Waals surface area contributed by atoms with Crippen LogP contribution in [0.25, 0.3) is 33.9 Å². The number of benzene rings is 3. The second-order valence-corrected chi connectivity index (χ2v) is 7.70. The second kappa shape index (κ2) is 7.39. The van der Waals surface area contributed by atoms with Gasteiger partial charge in [-0.3, -0.25) is 0 Å². The van der Waals surface area contributed by atoms with Crippen LogP contribution >= 0.6 is 11.6 Å². The summed E-state index contributed by atoms with van der Waals surface area (Å²) in [6, 6.07) is 17.0. The Balaban J connectivity index is 1.54. The van der Waals surface area contributed by atoms with Crippen LogP contribution in [-0.2, 0) is 0 Å². The second-order valence-electron chi connectivity index (χ2n) is 7.29. The fourth-order valence-corrected chi connectivity index (χ4v) is 4.03. The number of hydrogen-bond acceptors (Lipinski definition) is 6. The molecule has 2 aliphatic heterocycles. The number of hydrogen-bond donors (Lipinski definition) is 1. The summed E-state index contributed by atoms with van der Waals surface area (Å²) in [5, 5.41) is 0.564. The van der Waals surface area contributed by atoms with Crippen LogP contribution in [0.1, 0.15) is 0 Å². The molecule has 7 nitrogen and oxygen atoms in total. The number of nitrogens with one attached hydrogen (secondary N) is 1. The summed E-state index contributed by atoms with van der Waals surface area (Å²) in [7, 11) is 1.62. The van der Waals surface area contributed by atoms with Crippen molar-refractivity contribution < 1.29 is 23.7 Å². The number of methoxy groups -OCH3 is 1. The predicted molar refractivity (Wildman–Crippen MR) is 119 cm³/mol. The molecule has 2 aliphatic rings. The van der Waals surface area contributed by atoms with Crippen molar-refractivity contribution in [2.75, 3.05) is 20.7 Å². The summed E-state index contributed by atoms with van der Waals surface area (Å²) in [6.07, 6.45) is 0. The number of rotatable bonds is 4. The van der Waals surface area contributed by atoms with Gasteiger partial charge in [0.1, 0.15) is 11.6 Å². The largest absolute Gasteiger partial charge is 0.497 e. The van der Waals surface area contributed by atoms with Crippen LogP contribution in [0.4, 0.5) is 0 Å². The molecule has 1 aromatic heterocycles. The predicted octanol–water partition coefficient (Wildman–Crippen LogP) is 5.53. The highest BCUT2D eigenvalue weighted by atomic mass is 35.5. The number of fused-ring (bicyclic) bond motifs is 2. The Labute approximate surface area is 188 Å². The molecule has 3 heterocycles. The molecule has 0 bridgehead atoms. The number of aromatic nitrogens is 2. The Kier molecular flexibility index (Phi) is 4.36. The lowest BCUT2D eigenvalue weighted by atomic mass is 10.0. The highest BCUT2D eigenvalue weighted by Gasteiger charge is 2.22. The van der Waals surface area contributed by atoms with E-state index in [0.29, 0.717) is 39.6 Å². The molecule has 1 N–H and O–H groups in total. The molecule has 160 valence electrons. The number of ether oxygens (including phenoxy) is 5. The molecule has 32 heavy (non-hydrogen) atoms. The van der Waals surface area contributed by atoms with Gasteiger partial charge in [-0.1, -0.05) is 11.6 Å². The summed E-state index contributed by atoms with van der Waals surface area (Å²) in [4.78, 5) is 8.36. The van der Waals surface area contributed by atoms with Crippen LogP contribution in [0.3, 0.4) is 0 Å². The van der Waals surface area contributed by atoms with Gasteiger partial charge in [0, 0.05) is 16.7 Å². The molecule has 0 radical (unpaired) electrons. The third-order valence-corrected chi connectivity index (χ3v) is 5.77. The fraction of sp³-hybridized carbons (Fsp3) is 0.125. The van der Waals surface area contributed by atoms with E-state index >= 15 is 0 Å². The van der Waals surface area contributed by atoms with Crippen molar-refractivity contribution in [3.63, 3.8) is 0 Å². The first-order valence-corrected chi connectivity index (χ1v) is 10.3. The van der Waals surface area contributed by atoms with Gasteiger partial charge in [0.15, 0.2) is 23.0 Å². The van der Waals surface area contributed by atoms with Gasteiger partial charge in [-0.05, 0) is 54.6 Å². The van der Waals surface area contributed by atoms with E-state index in [1.807, 2.05) is 48.5 Å². The van der Waals surface area contributed by atoms with Gasteiger partial charge in [-0.25, -0.2) is 4.98 Å². The summed E-state index contributed by atoms with van der Waals surface area (Å²) in [6.45, 7) is 0.417. The number of imidazole rings is 1. The molecule has 0 fully saturated rings. The smallest absolute Gasteiger partial charge is 0.231 e. The van der Waals surface area contributed by atoms with Crippen LogP contribution < -0.4 is 23.7 Å². The van der Waals surface area contributed by atoms with E-state index in [2.05, 4.69) is 4.98 Å². The zero-order valence-electron chi connectivity index (χ0n) is 17.0. The maximum Gasteiger partial charge on any atom is 0.231 e. The van der Waals surface area contributed by atoms with Crippen molar-refractivity contribution in [1.29, 1.82) is 0 Å². The van der Waals surface area contributed by atoms with Crippen molar-refractivity contribution in [2.45, 2.75) is 0 Å². The zero-order valence-corrected chi connectivity index (χ0v) is 17.7. The molecule has 0 saturated carbocycles. The lowest BCUT2D eigenvalue weighted by Gasteiger charge is -2.06. The van der Waals surface area contributed by atoms with E-state index in [1.54, 1.807) is 13.2 Å². The first-order chi connectivity index (χ1) is 15.7. The number of nitrogens with zero attached hydrogens (tertiary/aromatic N) is 1. The van der Waals surface area contributed by atoms with Gasteiger partial charge in [0.25, 0.3) is 0 Å². The summed E-state index contributed by atoms with van der Waals surface area (Å²) in [5.41, 5.74) is 4.08. The van der Waals surface area contributed by atoms with Crippen LogP contribution in [-0.4, -0.2) is 30.7 Å². The third kappa shape index (κ3) is 3.09. The Hall–Kier alpha value is -3.84. The van der Waals surface area contributed by atoms with E-state index < -0.39 is 0 Å². The maximum absolute atomic E-state index is 6.51. The van der Waals surface area contributed by atoms with Crippen molar-refractivity contribution in [3.05, 3.63) is 59.6 Å². The molecule has 8 heteroatoms. The summed E-state index contributed by atoms with van der Waals surface area (Å²) < 4.78 is 27.4. The molecule has 6 rings (SSSR count). The van der Waals surface area contributed by atoms with Gasteiger partial charge in [0.05, 0.1) is 23.5 Å². The summed E-state index contributed by atoms with van der Waals surface area (Å²) >= 11 is 6.51. The minimum absolute atomic E-state index is 0.207. The molecule has 4 aromatic rings. The van der Waals surface area contributed by atoms with Gasteiger partial charge >= 0.3 is 0 Å². The third-order valence-electron chi connectivity index (χ3n) is 5.44. The van der Waals surface area contributed by atoms with E-state index in [1.165, 1.54) is 0 Å². The van der Waals surface area contributed by atoms with Crippen LogP contribution in [0.5, 0.6) is 28.7 Å². The number of aromatic amines is 1. The number of halogens is 1. The van der Waals surface area contributed by atoms with Crippen LogP contribution in [0.2, 0.25) is 5.02 Å². The SMILES string of the molecule is COc1ccc(Cl)c(-c2nc(-c3ccc4c(c3)OCO4)c(-c3ccc4c(c3)OCO4)[nH]2)c1. The first-order valence-electron chi connectivity index (χ1n) is 9.93. The fourth-order valence-electron chi connectivity index (χ4n) is 3.83. The quantitative estimate of drug-likeness (QED) is 0.442. The lowest BCUT2D eigenvalue weighted by molar-refractivity contribution is 0.173. The molecule has 0 spiro atoms. The van der Waals surface area contributed by atoms with E-state index in [9.17, 15) is 0 Å². The average molecular weight is 449 g/mol. The van der Waals surface area contributed by atoms with Crippen molar-refractivity contribution in [3.8, 4) is 62.7 Å². The summed E-state index contributed by atoms with van der Waals surface area (Å²) in [5.74, 6) is 4.11. The molecule has 0 unspecified atom stereocenters. The molecular formula is C24H17ClN2O5. The first kappa shape index (κ1) is 18.9. The van der Waals surface area contributed by atoms with Gasteiger partial charge in [-0.2, -0.15) is 0 Å². The van der Waals surface area contributed by atoms with E-state index in [-0.39, 0.29) is 13.6 Å². The van der Waals surface area contributed by atoms with Gasteiger partial charge < -0.3 is 28.7 Å². The molecule has 0 aliphatic carbocycles. The Morgan fingerprint density at radius 2 is 1.47 bits per heavy atom. The van der Waals surface area contributed by atoms with Gasteiger partial charge in [-0.15, -0.1) is 0 Å². The topological polar surface area (TPSA) is 74.8 Å². The Morgan fingerprint density at radius 3 is 2.19 bits per heavy atom. The maximum atomic E-state index is 6.51. The van der Waals surface area contributed by atoms with Crippen molar-refractivity contribution in [1.82, 2.24) is 9.97 Å². The normalized spacial score (nSPS) is 13.4. The molecular weight excluding hydrogens is 432 g/mol. The van der Waals surface area contributed by atoms with Crippen molar-refractivity contribution >= 4 is 11.6 Å². The molecule has 0 atom stereocenters. The number of H-pyrrole nitrogens is 1. The highest BCUT2D eigenvalue weighted by Crippen LogP contribution is 2.42. The standard InChI is InChI=1S/C24H17ClN2O5/c1-28-15-4-5-17(25)16(10-15)24-26-22(13-2-6-18-20(8-13)31-11-29-18)23(27-24)14-3-7-19-21(9-14)32-12-30-19/h2-10H,11-12H2,1H3,(H,26,27). The molecule has 0 amide bonds. The zero-order chi connectivity index (χ0) is 21.7. The average Bonchev–Trinajstić information content (AvgIpc) is 3.57. The van der Waals surface area contributed by atoms with E-state index in [4.69, 9.17) is 40.3 Å². The minimum atomic E-state index is 0.207. The Morgan fingerprint density at radius 1 is 0.812 bits per heavy atom. The molecule has 0 saturated heterocycles. The lowest BCUT2D eigenvalue weighted by Crippen LogP contribution is -1.93.